The summed E-state index contributed by atoms with van der Waals surface area (Å²) in [4.78, 5) is 19.8. The minimum Gasteiger partial charge on any atom is -0.496 e. The minimum absolute atomic E-state index is 0.0563. The van der Waals surface area contributed by atoms with E-state index in [1.54, 1.807) is 12.0 Å². The molecule has 0 unspecified atom stereocenters. The van der Waals surface area contributed by atoms with Gasteiger partial charge in [0, 0.05) is 16.6 Å². The second kappa shape index (κ2) is 9.30. The van der Waals surface area contributed by atoms with Crippen molar-refractivity contribution in [3.8, 4) is 11.5 Å². The number of benzene rings is 2. The molecule has 0 aliphatic carbocycles. The summed E-state index contributed by atoms with van der Waals surface area (Å²) in [6, 6.07) is 13.2. The third-order valence-corrected chi connectivity index (χ3v) is 5.56. The van der Waals surface area contributed by atoms with Crippen molar-refractivity contribution in [2.45, 2.75) is 13.8 Å². The molecule has 5 nitrogen and oxygen atoms in total. The molecule has 146 valence electrons. The number of nitrogens with zero attached hydrogens (tertiary/aromatic N) is 2. The third kappa shape index (κ3) is 4.59. The van der Waals surface area contributed by atoms with Crippen molar-refractivity contribution < 1.29 is 14.3 Å². The number of carbonyl (C=O) groups is 1. The molecular weight excluding hydrogens is 440 g/mol. The second-order valence-electron chi connectivity index (χ2n) is 5.87. The lowest BCUT2D eigenvalue weighted by Gasteiger charge is -2.12. The molecule has 28 heavy (non-hydrogen) atoms. The van der Waals surface area contributed by atoms with Crippen molar-refractivity contribution in [2.75, 3.05) is 20.3 Å². The Morgan fingerprint density at radius 2 is 1.93 bits per heavy atom. The van der Waals surface area contributed by atoms with Crippen LogP contribution in [0.25, 0.3) is 6.08 Å². The highest BCUT2D eigenvalue weighted by molar-refractivity contribution is 9.10. The summed E-state index contributed by atoms with van der Waals surface area (Å²) >= 11 is 4.83. The van der Waals surface area contributed by atoms with E-state index < -0.39 is 0 Å². The van der Waals surface area contributed by atoms with Gasteiger partial charge < -0.3 is 9.47 Å². The number of likely N-dealkylation sites (N-methyl/N-ethyl adjacent to an activating group) is 1. The maximum atomic E-state index is 12.8. The number of amidine groups is 1. The van der Waals surface area contributed by atoms with Gasteiger partial charge in [0.05, 0.1) is 24.3 Å². The summed E-state index contributed by atoms with van der Waals surface area (Å²) < 4.78 is 11.8. The maximum absolute atomic E-state index is 12.8. The lowest BCUT2D eigenvalue weighted by molar-refractivity contribution is -0.122. The van der Waals surface area contributed by atoms with Crippen LogP contribution in [0.5, 0.6) is 11.5 Å². The number of hydrogen-bond donors (Lipinski definition) is 0. The van der Waals surface area contributed by atoms with E-state index in [4.69, 9.17) is 9.47 Å². The smallest absolute Gasteiger partial charge is 0.266 e. The van der Waals surface area contributed by atoms with Crippen molar-refractivity contribution in [2.24, 2.45) is 4.99 Å². The first-order valence-electron chi connectivity index (χ1n) is 8.92. The molecule has 0 spiro atoms. The number of aliphatic imine (C=N–C) groups is 1. The molecule has 1 saturated heterocycles. The van der Waals surface area contributed by atoms with Gasteiger partial charge in [-0.2, -0.15) is 0 Å². The van der Waals surface area contributed by atoms with Crippen LogP contribution in [0.4, 0.5) is 5.69 Å². The van der Waals surface area contributed by atoms with Crippen LogP contribution in [-0.2, 0) is 4.79 Å². The van der Waals surface area contributed by atoms with E-state index >= 15 is 0 Å². The molecule has 2 aromatic rings. The molecule has 7 heteroatoms. The first-order chi connectivity index (χ1) is 13.5. The van der Waals surface area contributed by atoms with Crippen LogP contribution < -0.4 is 9.47 Å². The summed E-state index contributed by atoms with van der Waals surface area (Å²) in [5.74, 6) is 1.46. The largest absolute Gasteiger partial charge is 0.496 e. The Balaban J connectivity index is 1.91. The van der Waals surface area contributed by atoms with Crippen molar-refractivity contribution in [1.29, 1.82) is 0 Å². The first-order valence-corrected chi connectivity index (χ1v) is 10.5. The van der Waals surface area contributed by atoms with Gasteiger partial charge in [-0.3, -0.25) is 9.69 Å². The predicted octanol–water partition coefficient (Wildman–Crippen LogP) is 5.48. The average Bonchev–Trinajstić information content (AvgIpc) is 2.98. The van der Waals surface area contributed by atoms with Gasteiger partial charge in [-0.25, -0.2) is 4.99 Å². The number of amides is 1. The second-order valence-corrected chi connectivity index (χ2v) is 7.79. The molecule has 0 aromatic heterocycles. The molecule has 3 rings (SSSR count). The summed E-state index contributed by atoms with van der Waals surface area (Å²) in [6.45, 7) is 5.06. The fraction of sp³-hybridized carbons (Fsp3) is 0.238. The Hall–Kier alpha value is -2.25. The molecule has 2 aromatic carbocycles. The van der Waals surface area contributed by atoms with Crippen LogP contribution in [0.15, 0.2) is 56.8 Å². The number of carbonyl (C=O) groups excluding carboxylic acids is 1. The number of rotatable bonds is 6. The van der Waals surface area contributed by atoms with Gasteiger partial charge in [-0.15, -0.1) is 0 Å². The molecule has 1 aliphatic heterocycles. The highest BCUT2D eigenvalue weighted by Crippen LogP contribution is 2.36. The van der Waals surface area contributed by atoms with E-state index in [-0.39, 0.29) is 5.91 Å². The molecular formula is C21H21BrN2O3S. The zero-order chi connectivity index (χ0) is 20.1. The van der Waals surface area contributed by atoms with E-state index in [0.29, 0.717) is 29.0 Å². The fourth-order valence-electron chi connectivity index (χ4n) is 2.72. The van der Waals surface area contributed by atoms with E-state index in [1.807, 2.05) is 62.4 Å². The number of ether oxygens (including phenoxy) is 2. The Morgan fingerprint density at radius 1 is 1.18 bits per heavy atom. The predicted molar refractivity (Wildman–Crippen MR) is 118 cm³/mol. The summed E-state index contributed by atoms with van der Waals surface area (Å²) in [7, 11) is 1.62. The summed E-state index contributed by atoms with van der Waals surface area (Å²) in [5.41, 5.74) is 1.62. The van der Waals surface area contributed by atoms with Crippen LogP contribution in [0.1, 0.15) is 19.4 Å². The lowest BCUT2D eigenvalue weighted by atomic mass is 10.2. The molecule has 1 heterocycles. The van der Waals surface area contributed by atoms with Gasteiger partial charge in [0.25, 0.3) is 5.91 Å². The van der Waals surface area contributed by atoms with Crippen molar-refractivity contribution >= 4 is 50.5 Å². The number of thioether (sulfide) groups is 1. The van der Waals surface area contributed by atoms with Crippen LogP contribution >= 0.6 is 27.7 Å². The fourth-order valence-corrected chi connectivity index (χ4v) is 4.16. The van der Waals surface area contributed by atoms with Crippen molar-refractivity contribution in [1.82, 2.24) is 4.90 Å². The molecule has 1 amide bonds. The van der Waals surface area contributed by atoms with Crippen molar-refractivity contribution in [3.05, 3.63) is 57.4 Å². The van der Waals surface area contributed by atoms with E-state index in [0.717, 1.165) is 21.5 Å². The first kappa shape index (κ1) is 20.5. The maximum Gasteiger partial charge on any atom is 0.266 e. The number of methoxy groups -OCH3 is 1. The topological polar surface area (TPSA) is 51.1 Å². The standard InChI is InChI=1S/C21H21BrN2O3S/c1-4-24-20(25)19(13-14-12-15(22)6-11-18(14)26-3)28-21(24)23-16-7-9-17(10-8-16)27-5-2/h6-13H,4-5H2,1-3H3. The van der Waals surface area contributed by atoms with Crippen LogP contribution in [-0.4, -0.2) is 36.2 Å². The van der Waals surface area contributed by atoms with E-state index in [2.05, 4.69) is 20.9 Å². The normalized spacial score (nSPS) is 16.9. The van der Waals surface area contributed by atoms with Gasteiger partial charge in [-0.05, 0) is 74.1 Å². The van der Waals surface area contributed by atoms with Crippen LogP contribution in [0.2, 0.25) is 0 Å². The van der Waals surface area contributed by atoms with Crippen LogP contribution in [0, 0.1) is 0 Å². The molecule has 0 saturated carbocycles. The van der Waals surface area contributed by atoms with Gasteiger partial charge in [0.15, 0.2) is 5.17 Å². The minimum atomic E-state index is -0.0563. The highest BCUT2D eigenvalue weighted by Gasteiger charge is 2.32. The average molecular weight is 461 g/mol. The molecule has 1 fully saturated rings. The van der Waals surface area contributed by atoms with Crippen molar-refractivity contribution in [3.63, 3.8) is 0 Å². The Bertz CT molecular complexity index is 926. The monoisotopic (exact) mass is 460 g/mol. The van der Waals surface area contributed by atoms with Gasteiger partial charge in [0.2, 0.25) is 0 Å². The molecule has 0 radical (unpaired) electrons. The Labute approximate surface area is 177 Å². The zero-order valence-electron chi connectivity index (χ0n) is 15.9. The Kier molecular flexibility index (Phi) is 6.80. The number of halogens is 1. The highest BCUT2D eigenvalue weighted by atomic mass is 79.9. The van der Waals surface area contributed by atoms with Gasteiger partial charge >= 0.3 is 0 Å². The summed E-state index contributed by atoms with van der Waals surface area (Å²) in [6.07, 6.45) is 1.85. The van der Waals surface area contributed by atoms with E-state index in [9.17, 15) is 4.79 Å². The molecule has 0 bridgehead atoms. The Morgan fingerprint density at radius 3 is 2.57 bits per heavy atom. The summed E-state index contributed by atoms with van der Waals surface area (Å²) in [5, 5.41) is 0.664. The van der Waals surface area contributed by atoms with E-state index in [1.165, 1.54) is 11.8 Å². The number of hydrogen-bond acceptors (Lipinski definition) is 5. The molecule has 0 atom stereocenters. The van der Waals surface area contributed by atoms with Crippen LogP contribution in [0.3, 0.4) is 0 Å². The van der Waals surface area contributed by atoms with Gasteiger partial charge in [0.1, 0.15) is 11.5 Å². The zero-order valence-corrected chi connectivity index (χ0v) is 18.3. The lowest BCUT2D eigenvalue weighted by Crippen LogP contribution is -2.28. The SMILES string of the molecule is CCOc1ccc(N=C2SC(=Cc3cc(Br)ccc3OC)C(=O)N2CC)cc1. The van der Waals surface area contributed by atoms with Gasteiger partial charge in [-0.1, -0.05) is 15.9 Å². The molecule has 1 aliphatic rings. The quantitative estimate of drug-likeness (QED) is 0.535. The molecule has 0 N–H and O–H groups in total. The third-order valence-electron chi connectivity index (χ3n) is 4.06.